The van der Waals surface area contributed by atoms with Gasteiger partial charge in [-0.25, -0.2) is 0 Å². The number of likely N-dealkylation sites (N-methyl/N-ethyl adjacent to an activating group) is 1. The maximum Gasteiger partial charge on any atom is 0.222 e. The lowest BCUT2D eigenvalue weighted by Crippen LogP contribution is -2.37. The van der Waals surface area contributed by atoms with E-state index in [4.69, 9.17) is 4.74 Å². The Morgan fingerprint density at radius 2 is 1.88 bits per heavy atom. The van der Waals surface area contributed by atoms with E-state index < -0.39 is 0 Å². The molecule has 0 unspecified atom stereocenters. The molecule has 0 aromatic carbocycles. The minimum Gasteiger partial charge on any atom is -0.385 e. The second-order valence-electron chi connectivity index (χ2n) is 4.28. The monoisotopic (exact) mass is 230 g/mol. The van der Waals surface area contributed by atoms with Crippen molar-refractivity contribution in [1.29, 1.82) is 0 Å². The van der Waals surface area contributed by atoms with Crippen molar-refractivity contribution in [3.8, 4) is 0 Å². The molecule has 0 aliphatic carbocycles. The van der Waals surface area contributed by atoms with Gasteiger partial charge in [-0.3, -0.25) is 4.79 Å². The predicted molar refractivity (Wildman–Crippen MR) is 66.5 cm³/mol. The lowest BCUT2D eigenvalue weighted by Gasteiger charge is -2.24. The molecule has 0 spiro atoms. The number of rotatable bonds is 9. The van der Waals surface area contributed by atoms with Gasteiger partial charge in [0, 0.05) is 39.8 Å². The van der Waals surface area contributed by atoms with Crippen LogP contribution in [-0.4, -0.2) is 63.2 Å². The lowest BCUT2D eigenvalue weighted by molar-refractivity contribution is -0.131. The molecular weight excluding hydrogens is 204 g/mol. The number of carbonyl (C=O) groups excluding carboxylic acids is 1. The first-order valence-electron chi connectivity index (χ1n) is 6.03. The van der Waals surface area contributed by atoms with Crippen LogP contribution in [0.1, 0.15) is 26.2 Å². The van der Waals surface area contributed by atoms with E-state index in [9.17, 15) is 4.79 Å². The van der Waals surface area contributed by atoms with Crippen LogP contribution in [0.25, 0.3) is 0 Å². The van der Waals surface area contributed by atoms with Crippen molar-refractivity contribution in [2.24, 2.45) is 0 Å². The van der Waals surface area contributed by atoms with Crippen LogP contribution in [0.2, 0.25) is 0 Å². The molecule has 4 nitrogen and oxygen atoms in total. The van der Waals surface area contributed by atoms with E-state index in [-0.39, 0.29) is 5.91 Å². The largest absolute Gasteiger partial charge is 0.385 e. The fraction of sp³-hybridized carbons (Fsp3) is 0.917. The predicted octanol–water partition coefficient (Wildman–Crippen LogP) is 1.21. The van der Waals surface area contributed by atoms with Gasteiger partial charge in [0.25, 0.3) is 0 Å². The van der Waals surface area contributed by atoms with Crippen LogP contribution in [0.15, 0.2) is 0 Å². The Morgan fingerprint density at radius 1 is 1.19 bits per heavy atom. The number of nitrogens with zero attached hydrogens (tertiary/aromatic N) is 2. The maximum atomic E-state index is 11.9. The van der Waals surface area contributed by atoms with Gasteiger partial charge in [0.1, 0.15) is 0 Å². The first-order valence-corrected chi connectivity index (χ1v) is 6.03. The Bertz CT molecular complexity index is 184. The van der Waals surface area contributed by atoms with Gasteiger partial charge in [-0.1, -0.05) is 6.92 Å². The molecule has 0 aliphatic heterocycles. The molecule has 0 fully saturated rings. The van der Waals surface area contributed by atoms with Gasteiger partial charge < -0.3 is 14.5 Å². The first-order chi connectivity index (χ1) is 7.61. The number of hydrogen-bond acceptors (Lipinski definition) is 3. The van der Waals surface area contributed by atoms with Crippen molar-refractivity contribution >= 4 is 5.91 Å². The van der Waals surface area contributed by atoms with Crippen LogP contribution < -0.4 is 0 Å². The van der Waals surface area contributed by atoms with Crippen molar-refractivity contribution in [3.63, 3.8) is 0 Å². The Morgan fingerprint density at radius 3 is 2.38 bits per heavy atom. The van der Waals surface area contributed by atoms with E-state index in [1.54, 1.807) is 7.11 Å². The minimum atomic E-state index is 0.251. The summed E-state index contributed by atoms with van der Waals surface area (Å²) in [6.07, 6.45) is 2.43. The zero-order valence-corrected chi connectivity index (χ0v) is 11.2. The van der Waals surface area contributed by atoms with Crippen molar-refractivity contribution < 1.29 is 9.53 Å². The van der Waals surface area contributed by atoms with Gasteiger partial charge in [-0.15, -0.1) is 0 Å². The molecule has 1 amide bonds. The number of hydrogen-bond donors (Lipinski definition) is 0. The summed E-state index contributed by atoms with van der Waals surface area (Å²) in [6, 6.07) is 0. The van der Waals surface area contributed by atoms with E-state index in [0.717, 1.165) is 32.5 Å². The van der Waals surface area contributed by atoms with E-state index in [2.05, 4.69) is 11.8 Å². The van der Waals surface area contributed by atoms with Gasteiger partial charge >= 0.3 is 0 Å². The summed E-state index contributed by atoms with van der Waals surface area (Å²) in [5.41, 5.74) is 0. The highest BCUT2D eigenvalue weighted by Gasteiger charge is 2.11. The SMILES string of the molecule is CCCN(CCN(C)C)C(=O)CCCOC. The number of ether oxygens (including phenoxy) is 1. The fourth-order valence-corrected chi connectivity index (χ4v) is 1.48. The summed E-state index contributed by atoms with van der Waals surface area (Å²) >= 11 is 0. The van der Waals surface area contributed by atoms with Crippen LogP contribution in [0.5, 0.6) is 0 Å². The van der Waals surface area contributed by atoms with Crippen LogP contribution in [0.3, 0.4) is 0 Å². The number of methoxy groups -OCH3 is 1. The fourth-order valence-electron chi connectivity index (χ4n) is 1.48. The van der Waals surface area contributed by atoms with Gasteiger partial charge in [-0.2, -0.15) is 0 Å². The average Bonchev–Trinajstić information content (AvgIpc) is 2.24. The number of amides is 1. The van der Waals surface area contributed by atoms with Gasteiger partial charge in [0.2, 0.25) is 5.91 Å². The van der Waals surface area contributed by atoms with Crippen LogP contribution in [-0.2, 0) is 9.53 Å². The molecule has 0 aliphatic rings. The zero-order chi connectivity index (χ0) is 12.4. The third-order valence-corrected chi connectivity index (χ3v) is 2.40. The molecule has 0 saturated carbocycles. The highest BCUT2D eigenvalue weighted by molar-refractivity contribution is 5.76. The Labute approximate surface area is 99.5 Å². The molecule has 0 aromatic rings. The molecule has 0 N–H and O–H groups in total. The summed E-state index contributed by atoms with van der Waals surface area (Å²) in [4.78, 5) is 15.9. The summed E-state index contributed by atoms with van der Waals surface area (Å²) in [7, 11) is 5.72. The zero-order valence-electron chi connectivity index (χ0n) is 11.2. The normalized spacial score (nSPS) is 10.8. The Hall–Kier alpha value is -0.610. The van der Waals surface area contributed by atoms with Crippen molar-refractivity contribution in [3.05, 3.63) is 0 Å². The second kappa shape index (κ2) is 9.60. The highest BCUT2D eigenvalue weighted by Crippen LogP contribution is 2.00. The standard InChI is InChI=1S/C12H26N2O2/c1-5-8-14(10-9-13(2)3)12(15)7-6-11-16-4/h5-11H2,1-4H3. The van der Waals surface area contributed by atoms with Crippen molar-refractivity contribution in [2.75, 3.05) is 47.4 Å². The second-order valence-corrected chi connectivity index (χ2v) is 4.28. The Balaban J connectivity index is 3.92. The highest BCUT2D eigenvalue weighted by atomic mass is 16.5. The molecule has 0 heterocycles. The molecule has 96 valence electrons. The lowest BCUT2D eigenvalue weighted by atomic mass is 10.2. The molecule has 0 saturated heterocycles. The van der Waals surface area contributed by atoms with Crippen LogP contribution >= 0.6 is 0 Å². The molecular formula is C12H26N2O2. The number of carbonyl (C=O) groups is 1. The maximum absolute atomic E-state index is 11.9. The third kappa shape index (κ3) is 7.65. The first kappa shape index (κ1) is 15.4. The van der Waals surface area contributed by atoms with E-state index in [1.165, 1.54) is 0 Å². The quantitative estimate of drug-likeness (QED) is 0.558. The van der Waals surface area contributed by atoms with Gasteiger partial charge in [0.05, 0.1) is 0 Å². The molecule has 0 rings (SSSR count). The Kier molecular flexibility index (Phi) is 9.24. The summed E-state index contributed by atoms with van der Waals surface area (Å²) in [6.45, 7) is 5.38. The van der Waals surface area contributed by atoms with Crippen LogP contribution in [0.4, 0.5) is 0 Å². The van der Waals surface area contributed by atoms with Crippen LogP contribution in [0, 0.1) is 0 Å². The van der Waals surface area contributed by atoms with E-state index in [1.807, 2.05) is 19.0 Å². The molecule has 0 atom stereocenters. The molecule has 0 bridgehead atoms. The summed E-state index contributed by atoms with van der Waals surface area (Å²) in [5, 5.41) is 0. The van der Waals surface area contributed by atoms with Gasteiger partial charge in [-0.05, 0) is 26.9 Å². The van der Waals surface area contributed by atoms with Gasteiger partial charge in [0.15, 0.2) is 0 Å². The van der Waals surface area contributed by atoms with E-state index in [0.29, 0.717) is 13.0 Å². The third-order valence-electron chi connectivity index (χ3n) is 2.40. The van der Waals surface area contributed by atoms with Crippen molar-refractivity contribution in [2.45, 2.75) is 26.2 Å². The smallest absolute Gasteiger partial charge is 0.222 e. The minimum absolute atomic E-state index is 0.251. The van der Waals surface area contributed by atoms with Crippen molar-refractivity contribution in [1.82, 2.24) is 9.80 Å². The topological polar surface area (TPSA) is 32.8 Å². The van der Waals surface area contributed by atoms with E-state index >= 15 is 0 Å². The average molecular weight is 230 g/mol. The summed E-state index contributed by atoms with van der Waals surface area (Å²) < 4.78 is 4.95. The molecule has 0 aromatic heterocycles. The molecule has 0 radical (unpaired) electrons. The molecule has 16 heavy (non-hydrogen) atoms. The summed E-state index contributed by atoms with van der Waals surface area (Å²) in [5.74, 6) is 0.251. The molecule has 4 heteroatoms.